The van der Waals surface area contributed by atoms with Gasteiger partial charge in [0.1, 0.15) is 0 Å². The first-order valence-electron chi connectivity index (χ1n) is 5.33. The summed E-state index contributed by atoms with van der Waals surface area (Å²) in [6.45, 7) is 0. The number of benzene rings is 1. The van der Waals surface area contributed by atoms with Gasteiger partial charge < -0.3 is 15.9 Å². The van der Waals surface area contributed by atoms with Crippen LogP contribution < -0.4 is 5.73 Å². The smallest absolute Gasteiger partial charge is 0.335 e. The van der Waals surface area contributed by atoms with E-state index in [-0.39, 0.29) is 17.2 Å². The molecule has 0 aromatic heterocycles. The first kappa shape index (κ1) is 11.6. The minimum absolute atomic E-state index is 0.00845. The molecule has 1 fully saturated rings. The second-order valence-electron chi connectivity index (χ2n) is 4.39. The molecule has 1 saturated carbocycles. The van der Waals surface area contributed by atoms with Gasteiger partial charge in [-0.05, 0) is 42.5 Å². The van der Waals surface area contributed by atoms with Gasteiger partial charge in [-0.1, -0.05) is 0 Å². The minimum Gasteiger partial charge on any atom is -0.478 e. The summed E-state index contributed by atoms with van der Waals surface area (Å²) in [7, 11) is 0. The van der Waals surface area contributed by atoms with Gasteiger partial charge >= 0.3 is 11.9 Å². The topological polar surface area (TPSA) is 101 Å². The highest BCUT2D eigenvalue weighted by atomic mass is 16.4. The molecule has 0 bridgehead atoms. The maximum atomic E-state index is 10.9. The zero-order valence-corrected chi connectivity index (χ0v) is 9.09. The highest BCUT2D eigenvalue weighted by Gasteiger charge is 2.33. The lowest BCUT2D eigenvalue weighted by Crippen LogP contribution is -2.07. The summed E-state index contributed by atoms with van der Waals surface area (Å²) in [5, 5.41) is 17.8. The van der Waals surface area contributed by atoms with Crippen LogP contribution in [0.15, 0.2) is 18.2 Å². The van der Waals surface area contributed by atoms with Crippen molar-refractivity contribution in [2.75, 3.05) is 0 Å². The summed E-state index contributed by atoms with van der Waals surface area (Å²) in [5.41, 5.74) is 6.42. The predicted octanol–water partition coefficient (Wildman–Crippen LogP) is 0.973. The molecular weight excluding hydrogens is 222 g/mol. The first-order valence-corrected chi connectivity index (χ1v) is 5.33. The average Bonchev–Trinajstić information content (AvgIpc) is 2.93. The molecule has 5 heteroatoms. The third-order valence-electron chi connectivity index (χ3n) is 2.96. The Morgan fingerprint density at radius 3 is 2.00 bits per heavy atom. The van der Waals surface area contributed by atoms with Crippen molar-refractivity contribution in [3.63, 3.8) is 0 Å². The molecule has 0 heterocycles. The Hall–Kier alpha value is -1.88. The van der Waals surface area contributed by atoms with Crippen LogP contribution in [-0.4, -0.2) is 28.2 Å². The number of nitrogens with two attached hydrogens (primary N) is 1. The molecule has 17 heavy (non-hydrogen) atoms. The summed E-state index contributed by atoms with van der Waals surface area (Å²) in [5.74, 6) is -1.88. The fraction of sp³-hybridized carbons (Fsp3) is 0.333. The van der Waals surface area contributed by atoms with E-state index in [0.29, 0.717) is 12.3 Å². The molecule has 1 aromatic rings. The van der Waals surface area contributed by atoms with Crippen molar-refractivity contribution in [2.24, 2.45) is 11.7 Å². The maximum absolute atomic E-state index is 10.9. The van der Waals surface area contributed by atoms with Crippen molar-refractivity contribution in [1.82, 2.24) is 0 Å². The fourth-order valence-electron chi connectivity index (χ4n) is 1.87. The zero-order chi connectivity index (χ0) is 12.6. The van der Waals surface area contributed by atoms with Crippen LogP contribution in [0.4, 0.5) is 0 Å². The van der Waals surface area contributed by atoms with Crippen molar-refractivity contribution in [2.45, 2.75) is 18.9 Å². The van der Waals surface area contributed by atoms with Crippen LogP contribution in [0.2, 0.25) is 0 Å². The molecule has 0 spiro atoms. The lowest BCUT2D eigenvalue weighted by molar-refractivity contribution is 0.0696. The molecule has 0 radical (unpaired) electrons. The number of hydrogen-bond acceptors (Lipinski definition) is 3. The standard InChI is InChI=1S/C12H13NO4/c13-10-5-7(10)1-6-2-8(11(14)15)4-9(3-6)12(16)17/h2-4,7,10H,1,5,13H2,(H,14,15)(H,16,17). The Morgan fingerprint density at radius 2 is 1.65 bits per heavy atom. The molecule has 0 aliphatic heterocycles. The Labute approximate surface area is 97.9 Å². The summed E-state index contributed by atoms with van der Waals surface area (Å²) in [4.78, 5) is 21.8. The van der Waals surface area contributed by atoms with Crippen LogP contribution in [0.3, 0.4) is 0 Å². The monoisotopic (exact) mass is 235 g/mol. The SMILES string of the molecule is NC1CC1Cc1cc(C(=O)O)cc(C(=O)O)c1. The average molecular weight is 235 g/mol. The van der Waals surface area contributed by atoms with Gasteiger partial charge in [-0.3, -0.25) is 0 Å². The summed E-state index contributed by atoms with van der Waals surface area (Å²) < 4.78 is 0. The van der Waals surface area contributed by atoms with Crippen LogP contribution in [0.1, 0.15) is 32.7 Å². The molecular formula is C12H13NO4. The molecule has 0 saturated heterocycles. The Bertz CT molecular complexity index is 451. The summed E-state index contributed by atoms with van der Waals surface area (Å²) in [6, 6.07) is 4.36. The van der Waals surface area contributed by atoms with Gasteiger partial charge in [0.2, 0.25) is 0 Å². The van der Waals surface area contributed by atoms with Crippen molar-refractivity contribution < 1.29 is 19.8 Å². The summed E-state index contributed by atoms with van der Waals surface area (Å²) >= 11 is 0. The van der Waals surface area contributed by atoms with E-state index >= 15 is 0 Å². The van der Waals surface area contributed by atoms with Crippen LogP contribution >= 0.6 is 0 Å². The molecule has 2 atom stereocenters. The van der Waals surface area contributed by atoms with E-state index in [0.717, 1.165) is 12.0 Å². The lowest BCUT2D eigenvalue weighted by atomic mass is 10.0. The number of carboxylic acid groups (broad SMARTS) is 2. The number of carbonyl (C=O) groups is 2. The minimum atomic E-state index is -1.12. The quantitative estimate of drug-likeness (QED) is 0.722. The highest BCUT2D eigenvalue weighted by molar-refractivity contribution is 5.94. The van der Waals surface area contributed by atoms with Gasteiger partial charge in [0, 0.05) is 6.04 Å². The van der Waals surface area contributed by atoms with E-state index in [2.05, 4.69) is 0 Å². The second kappa shape index (κ2) is 4.18. The molecule has 4 N–H and O–H groups in total. The Kier molecular flexibility index (Phi) is 2.85. The van der Waals surface area contributed by atoms with Gasteiger partial charge in [0.05, 0.1) is 11.1 Å². The number of carboxylic acids is 2. The molecule has 2 unspecified atom stereocenters. The maximum Gasteiger partial charge on any atom is 0.335 e. The third kappa shape index (κ3) is 2.62. The normalized spacial score (nSPS) is 22.2. The first-order chi connectivity index (χ1) is 7.97. The predicted molar refractivity (Wildman–Crippen MR) is 60.1 cm³/mol. The van der Waals surface area contributed by atoms with Gasteiger partial charge in [-0.25, -0.2) is 9.59 Å². The van der Waals surface area contributed by atoms with E-state index in [4.69, 9.17) is 15.9 Å². The van der Waals surface area contributed by atoms with Gasteiger partial charge in [-0.15, -0.1) is 0 Å². The van der Waals surface area contributed by atoms with Crippen molar-refractivity contribution in [3.8, 4) is 0 Å². The van der Waals surface area contributed by atoms with Crippen LogP contribution in [0, 0.1) is 5.92 Å². The van der Waals surface area contributed by atoms with E-state index in [9.17, 15) is 9.59 Å². The third-order valence-corrected chi connectivity index (χ3v) is 2.96. The summed E-state index contributed by atoms with van der Waals surface area (Å²) in [6.07, 6.45) is 1.56. The fourth-order valence-corrected chi connectivity index (χ4v) is 1.87. The molecule has 2 rings (SSSR count). The molecule has 1 aromatic carbocycles. The number of hydrogen-bond donors (Lipinski definition) is 3. The van der Waals surface area contributed by atoms with Gasteiger partial charge in [0.25, 0.3) is 0 Å². The van der Waals surface area contributed by atoms with Gasteiger partial charge in [-0.2, -0.15) is 0 Å². The Morgan fingerprint density at radius 1 is 1.18 bits per heavy atom. The number of aromatic carboxylic acids is 2. The highest BCUT2D eigenvalue weighted by Crippen LogP contribution is 2.32. The van der Waals surface area contributed by atoms with E-state index < -0.39 is 11.9 Å². The molecule has 5 nitrogen and oxygen atoms in total. The van der Waals surface area contributed by atoms with Crippen molar-refractivity contribution >= 4 is 11.9 Å². The van der Waals surface area contributed by atoms with E-state index in [1.165, 1.54) is 18.2 Å². The second-order valence-corrected chi connectivity index (χ2v) is 4.39. The Balaban J connectivity index is 2.30. The molecule has 1 aliphatic carbocycles. The lowest BCUT2D eigenvalue weighted by Gasteiger charge is -2.04. The van der Waals surface area contributed by atoms with Gasteiger partial charge in [0.15, 0.2) is 0 Å². The van der Waals surface area contributed by atoms with E-state index in [1.54, 1.807) is 0 Å². The van der Waals surface area contributed by atoms with Crippen LogP contribution in [0.25, 0.3) is 0 Å². The van der Waals surface area contributed by atoms with Crippen molar-refractivity contribution in [1.29, 1.82) is 0 Å². The molecule has 1 aliphatic rings. The molecule has 0 amide bonds. The molecule has 90 valence electrons. The largest absolute Gasteiger partial charge is 0.478 e. The van der Waals surface area contributed by atoms with E-state index in [1.807, 2.05) is 0 Å². The van der Waals surface area contributed by atoms with Crippen LogP contribution in [0.5, 0.6) is 0 Å². The van der Waals surface area contributed by atoms with Crippen LogP contribution in [-0.2, 0) is 6.42 Å². The van der Waals surface area contributed by atoms with Crippen molar-refractivity contribution in [3.05, 3.63) is 34.9 Å². The zero-order valence-electron chi connectivity index (χ0n) is 9.09. The number of rotatable bonds is 4.